The highest BCUT2D eigenvalue weighted by Crippen LogP contribution is 2.23. The van der Waals surface area contributed by atoms with Crippen LogP contribution < -0.4 is 19.6 Å². The normalized spacial score (nSPS) is 10.8. The van der Waals surface area contributed by atoms with E-state index in [1.165, 1.54) is 6.21 Å². The molecule has 0 aliphatic rings. The first-order valence-electron chi connectivity index (χ1n) is 11.2. The minimum atomic E-state index is -0.534. The summed E-state index contributed by atoms with van der Waals surface area (Å²) in [7, 11) is 0. The zero-order valence-corrected chi connectivity index (χ0v) is 21.4. The van der Waals surface area contributed by atoms with Gasteiger partial charge in [0.05, 0.1) is 12.8 Å². The molecule has 0 aliphatic heterocycles. The first kappa shape index (κ1) is 27.0. The first-order chi connectivity index (χ1) is 17.3. The van der Waals surface area contributed by atoms with Crippen LogP contribution in [0.15, 0.2) is 65.8 Å². The van der Waals surface area contributed by atoms with Gasteiger partial charge in [-0.25, -0.2) is 10.2 Å². The Balaban J connectivity index is 1.35. The number of halogens is 2. The van der Waals surface area contributed by atoms with Crippen LogP contribution in [0, 0.1) is 13.8 Å². The van der Waals surface area contributed by atoms with Crippen molar-refractivity contribution < 1.29 is 23.8 Å². The van der Waals surface area contributed by atoms with Crippen molar-refractivity contribution in [1.29, 1.82) is 0 Å². The molecule has 3 aromatic carbocycles. The molecule has 3 rings (SSSR count). The maximum Gasteiger partial charge on any atom is 0.349 e. The summed E-state index contributed by atoms with van der Waals surface area (Å²) in [5.74, 6) is 0.927. The van der Waals surface area contributed by atoms with Gasteiger partial charge in [-0.15, -0.1) is 0 Å². The highest BCUT2D eigenvalue weighted by atomic mass is 35.5. The number of hydrogen-bond donors (Lipinski definition) is 1. The van der Waals surface area contributed by atoms with Crippen molar-refractivity contribution >= 4 is 41.3 Å². The Morgan fingerprint density at radius 2 is 1.50 bits per heavy atom. The van der Waals surface area contributed by atoms with Crippen molar-refractivity contribution in [2.45, 2.75) is 26.7 Å². The molecule has 188 valence electrons. The monoisotopic (exact) mass is 528 g/mol. The molecule has 0 unspecified atom stereocenters. The van der Waals surface area contributed by atoms with Crippen LogP contribution in [0.3, 0.4) is 0 Å². The summed E-state index contributed by atoms with van der Waals surface area (Å²) in [6.45, 7) is 3.93. The van der Waals surface area contributed by atoms with Gasteiger partial charge in [-0.05, 0) is 97.6 Å². The molecule has 36 heavy (non-hydrogen) atoms. The summed E-state index contributed by atoms with van der Waals surface area (Å²) in [6, 6.07) is 17.2. The maximum atomic E-state index is 12.1. The van der Waals surface area contributed by atoms with Crippen molar-refractivity contribution in [3.8, 4) is 17.2 Å². The third kappa shape index (κ3) is 8.91. The highest BCUT2D eigenvalue weighted by molar-refractivity contribution is 6.31. The van der Waals surface area contributed by atoms with E-state index in [0.29, 0.717) is 34.6 Å². The number of carbonyl (C=O) groups excluding carboxylic acids is 2. The number of hydrogen-bond acceptors (Lipinski definition) is 6. The molecule has 0 atom stereocenters. The molecule has 0 bridgehead atoms. The van der Waals surface area contributed by atoms with Crippen LogP contribution in [-0.4, -0.2) is 31.3 Å². The molecular formula is C27H26Cl2N2O5. The van der Waals surface area contributed by atoms with Crippen LogP contribution in [0.25, 0.3) is 0 Å². The van der Waals surface area contributed by atoms with Crippen molar-refractivity contribution in [3.05, 3.63) is 87.4 Å². The molecule has 0 fully saturated rings. The number of ether oxygens (including phenoxy) is 3. The fraction of sp³-hybridized carbons (Fsp3) is 0.222. The van der Waals surface area contributed by atoms with Gasteiger partial charge in [-0.1, -0.05) is 23.2 Å². The van der Waals surface area contributed by atoms with Crippen LogP contribution in [0.2, 0.25) is 10.0 Å². The molecule has 0 saturated heterocycles. The van der Waals surface area contributed by atoms with Gasteiger partial charge < -0.3 is 14.2 Å². The smallest absolute Gasteiger partial charge is 0.349 e. The van der Waals surface area contributed by atoms with E-state index in [1.54, 1.807) is 48.5 Å². The van der Waals surface area contributed by atoms with Crippen molar-refractivity contribution in [2.75, 3.05) is 13.2 Å². The Morgan fingerprint density at radius 3 is 2.11 bits per heavy atom. The summed E-state index contributed by atoms with van der Waals surface area (Å²) in [6.07, 6.45) is 2.32. The van der Waals surface area contributed by atoms with E-state index in [1.807, 2.05) is 26.0 Å². The predicted octanol–water partition coefficient (Wildman–Crippen LogP) is 5.90. The summed E-state index contributed by atoms with van der Waals surface area (Å²) in [4.78, 5) is 24.0. The Kier molecular flexibility index (Phi) is 10.2. The second-order valence-electron chi connectivity index (χ2n) is 7.90. The quantitative estimate of drug-likeness (QED) is 0.110. The largest absolute Gasteiger partial charge is 0.493 e. The van der Waals surface area contributed by atoms with E-state index in [9.17, 15) is 9.59 Å². The molecule has 1 N–H and O–H groups in total. The lowest BCUT2D eigenvalue weighted by Gasteiger charge is -2.09. The van der Waals surface area contributed by atoms with Crippen LogP contribution >= 0.6 is 23.2 Å². The molecule has 0 radical (unpaired) electrons. The number of aryl methyl sites for hydroxylation is 2. The van der Waals surface area contributed by atoms with Crippen molar-refractivity contribution in [3.63, 3.8) is 0 Å². The second kappa shape index (κ2) is 13.5. The molecule has 0 aliphatic carbocycles. The molecule has 0 aromatic heterocycles. The summed E-state index contributed by atoms with van der Waals surface area (Å²) < 4.78 is 16.4. The third-order valence-electron chi connectivity index (χ3n) is 4.94. The summed E-state index contributed by atoms with van der Waals surface area (Å²) in [5.41, 5.74) is 4.98. The Hall–Kier alpha value is -3.55. The van der Waals surface area contributed by atoms with E-state index >= 15 is 0 Å². The average Bonchev–Trinajstić information content (AvgIpc) is 2.83. The molecular weight excluding hydrogens is 503 g/mol. The van der Waals surface area contributed by atoms with E-state index in [4.69, 9.17) is 37.4 Å². The minimum absolute atomic E-state index is 0.218. The lowest BCUT2D eigenvalue weighted by Crippen LogP contribution is -2.18. The van der Waals surface area contributed by atoms with E-state index in [2.05, 4.69) is 10.5 Å². The molecule has 0 heterocycles. The lowest BCUT2D eigenvalue weighted by molar-refractivity contribution is -0.136. The number of hydrazone groups is 1. The molecule has 0 spiro atoms. The van der Waals surface area contributed by atoms with E-state index < -0.39 is 5.97 Å². The van der Waals surface area contributed by atoms with E-state index in [-0.39, 0.29) is 18.9 Å². The minimum Gasteiger partial charge on any atom is -0.493 e. The van der Waals surface area contributed by atoms with Crippen LogP contribution in [-0.2, 0) is 9.59 Å². The number of benzene rings is 3. The topological polar surface area (TPSA) is 86.2 Å². The number of amides is 1. The first-order valence-corrected chi connectivity index (χ1v) is 12.0. The van der Waals surface area contributed by atoms with Crippen LogP contribution in [0.4, 0.5) is 0 Å². The Labute approximate surface area is 220 Å². The molecule has 9 heteroatoms. The average molecular weight is 529 g/mol. The second-order valence-corrected chi connectivity index (χ2v) is 8.77. The highest BCUT2D eigenvalue weighted by Gasteiger charge is 2.08. The Morgan fingerprint density at radius 1 is 0.889 bits per heavy atom. The SMILES string of the molecule is Cc1cc(Cl)ccc1OCCCC(=O)N/N=C/c1ccc(OC(=O)COc2ccc(Cl)cc2C)cc1. The van der Waals surface area contributed by atoms with Gasteiger partial charge >= 0.3 is 5.97 Å². The Bertz CT molecular complexity index is 1230. The van der Waals surface area contributed by atoms with Gasteiger partial charge in [0.1, 0.15) is 17.2 Å². The van der Waals surface area contributed by atoms with Crippen LogP contribution in [0.1, 0.15) is 29.5 Å². The summed E-state index contributed by atoms with van der Waals surface area (Å²) >= 11 is 11.8. The molecule has 7 nitrogen and oxygen atoms in total. The predicted molar refractivity (Wildman–Crippen MR) is 140 cm³/mol. The summed E-state index contributed by atoms with van der Waals surface area (Å²) in [5, 5.41) is 5.21. The van der Waals surface area contributed by atoms with Crippen molar-refractivity contribution in [2.24, 2.45) is 5.10 Å². The lowest BCUT2D eigenvalue weighted by atomic mass is 10.2. The van der Waals surface area contributed by atoms with Gasteiger partial charge in [0.2, 0.25) is 5.91 Å². The van der Waals surface area contributed by atoms with Gasteiger partial charge in [0.25, 0.3) is 0 Å². The third-order valence-corrected chi connectivity index (χ3v) is 5.41. The maximum absolute atomic E-state index is 12.1. The zero-order valence-electron chi connectivity index (χ0n) is 19.9. The molecule has 3 aromatic rings. The fourth-order valence-corrected chi connectivity index (χ4v) is 3.57. The number of carbonyl (C=O) groups is 2. The van der Waals surface area contributed by atoms with E-state index in [0.717, 1.165) is 22.4 Å². The number of nitrogens with zero attached hydrogens (tertiary/aromatic N) is 1. The van der Waals surface area contributed by atoms with Crippen LogP contribution in [0.5, 0.6) is 17.2 Å². The van der Waals surface area contributed by atoms with Gasteiger partial charge in [0.15, 0.2) is 6.61 Å². The van der Waals surface area contributed by atoms with Gasteiger partial charge in [0, 0.05) is 16.5 Å². The van der Waals surface area contributed by atoms with Gasteiger partial charge in [-0.3, -0.25) is 4.79 Å². The van der Waals surface area contributed by atoms with Crippen molar-refractivity contribution in [1.82, 2.24) is 5.43 Å². The standard InChI is InChI=1S/C27H26Cl2N2O5/c1-18-14-21(28)7-11-24(18)34-13-3-4-26(32)31-30-16-20-5-9-23(10-6-20)36-27(33)17-35-25-12-8-22(29)15-19(25)2/h5-12,14-16H,3-4,13,17H2,1-2H3,(H,31,32)/b30-16+. The number of esters is 1. The fourth-order valence-electron chi connectivity index (χ4n) is 3.12. The zero-order chi connectivity index (χ0) is 25.9. The number of nitrogens with one attached hydrogen (secondary N) is 1. The van der Waals surface area contributed by atoms with Gasteiger partial charge in [-0.2, -0.15) is 5.10 Å². The number of rotatable bonds is 11. The molecule has 1 amide bonds. The molecule has 0 saturated carbocycles.